The maximum Gasteiger partial charge on any atom is 0.318 e. The molecule has 1 aliphatic rings. The van der Waals surface area contributed by atoms with E-state index < -0.39 is 15.5 Å². The Bertz CT molecular complexity index is 891. The minimum absolute atomic E-state index is 0.0268. The number of aryl methyl sites for hydroxylation is 1. The standard InChI is InChI=1S/C22H26N2O5/c1-2-3-7-16-10-12-21(19(14-16)17-8-5-4-6-9-17)29-22-13-11-18(23(25)26)15-20(22)24(27)28/h10-15,17H,2-9H2,1H3. The molecule has 0 saturated heterocycles. The predicted molar refractivity (Wildman–Crippen MR) is 111 cm³/mol. The molecular weight excluding hydrogens is 372 g/mol. The van der Waals surface area contributed by atoms with Gasteiger partial charge in [0, 0.05) is 6.07 Å². The molecule has 1 aliphatic carbocycles. The van der Waals surface area contributed by atoms with Crippen LogP contribution in [0.2, 0.25) is 0 Å². The first-order valence-corrected chi connectivity index (χ1v) is 10.2. The van der Waals surface area contributed by atoms with Gasteiger partial charge in [-0.3, -0.25) is 20.2 Å². The molecule has 7 heteroatoms. The summed E-state index contributed by atoms with van der Waals surface area (Å²) in [6.07, 6.45) is 8.95. The molecule has 0 bridgehead atoms. The SMILES string of the molecule is CCCCc1ccc(Oc2ccc([N+](=O)[O-])cc2[N+](=O)[O-])c(C2CCCCC2)c1. The average Bonchev–Trinajstić information content (AvgIpc) is 2.73. The van der Waals surface area contributed by atoms with Crippen LogP contribution in [0.15, 0.2) is 36.4 Å². The van der Waals surface area contributed by atoms with E-state index in [1.165, 1.54) is 37.0 Å². The summed E-state index contributed by atoms with van der Waals surface area (Å²) in [6, 6.07) is 9.57. The van der Waals surface area contributed by atoms with E-state index >= 15 is 0 Å². The van der Waals surface area contributed by atoms with E-state index in [2.05, 4.69) is 13.0 Å². The maximum absolute atomic E-state index is 11.4. The number of unbranched alkanes of at least 4 members (excludes halogenated alkanes) is 1. The van der Waals surface area contributed by atoms with Crippen molar-refractivity contribution < 1.29 is 14.6 Å². The number of benzene rings is 2. The van der Waals surface area contributed by atoms with Crippen molar-refractivity contribution in [3.8, 4) is 11.5 Å². The Kier molecular flexibility index (Phi) is 6.80. The van der Waals surface area contributed by atoms with E-state index in [4.69, 9.17) is 4.74 Å². The van der Waals surface area contributed by atoms with Gasteiger partial charge in [-0.1, -0.05) is 44.7 Å². The Morgan fingerprint density at radius 1 is 0.966 bits per heavy atom. The third-order valence-corrected chi connectivity index (χ3v) is 5.51. The van der Waals surface area contributed by atoms with Crippen molar-refractivity contribution in [2.24, 2.45) is 0 Å². The van der Waals surface area contributed by atoms with Crippen LogP contribution in [-0.2, 0) is 6.42 Å². The molecular formula is C22H26N2O5. The summed E-state index contributed by atoms with van der Waals surface area (Å²) >= 11 is 0. The number of nitrogens with zero attached hydrogens (tertiary/aromatic N) is 2. The summed E-state index contributed by atoms with van der Waals surface area (Å²) in [6.45, 7) is 2.16. The van der Waals surface area contributed by atoms with Gasteiger partial charge < -0.3 is 4.74 Å². The lowest BCUT2D eigenvalue weighted by atomic mass is 9.83. The highest BCUT2D eigenvalue weighted by molar-refractivity contribution is 5.55. The largest absolute Gasteiger partial charge is 0.450 e. The van der Waals surface area contributed by atoms with E-state index in [1.54, 1.807) is 0 Å². The Hall–Kier alpha value is -2.96. The second-order valence-corrected chi connectivity index (χ2v) is 7.58. The molecule has 0 spiro atoms. The van der Waals surface area contributed by atoms with Crippen LogP contribution in [0.1, 0.15) is 68.9 Å². The average molecular weight is 398 g/mol. The van der Waals surface area contributed by atoms with Gasteiger partial charge >= 0.3 is 5.69 Å². The van der Waals surface area contributed by atoms with Crippen LogP contribution >= 0.6 is 0 Å². The molecule has 0 atom stereocenters. The van der Waals surface area contributed by atoms with Crippen LogP contribution in [0.3, 0.4) is 0 Å². The lowest BCUT2D eigenvalue weighted by molar-refractivity contribution is -0.394. The lowest BCUT2D eigenvalue weighted by Crippen LogP contribution is -2.07. The number of ether oxygens (including phenoxy) is 1. The van der Waals surface area contributed by atoms with E-state index in [-0.39, 0.29) is 11.4 Å². The fourth-order valence-corrected chi connectivity index (χ4v) is 3.93. The van der Waals surface area contributed by atoms with Crippen molar-refractivity contribution in [1.29, 1.82) is 0 Å². The topological polar surface area (TPSA) is 95.5 Å². The molecule has 2 aromatic carbocycles. The molecule has 0 N–H and O–H groups in total. The highest BCUT2D eigenvalue weighted by Crippen LogP contribution is 2.42. The van der Waals surface area contributed by atoms with Gasteiger partial charge in [0.1, 0.15) is 5.75 Å². The van der Waals surface area contributed by atoms with Crippen molar-refractivity contribution in [3.63, 3.8) is 0 Å². The molecule has 0 aromatic heterocycles. The van der Waals surface area contributed by atoms with Gasteiger partial charge in [0.25, 0.3) is 5.69 Å². The van der Waals surface area contributed by atoms with Gasteiger partial charge in [-0.05, 0) is 54.9 Å². The minimum Gasteiger partial charge on any atom is -0.450 e. The molecule has 1 fully saturated rings. The Morgan fingerprint density at radius 3 is 2.34 bits per heavy atom. The molecule has 29 heavy (non-hydrogen) atoms. The van der Waals surface area contributed by atoms with Crippen molar-refractivity contribution in [1.82, 2.24) is 0 Å². The first kappa shape index (κ1) is 20.8. The summed E-state index contributed by atoms with van der Waals surface area (Å²) in [5.41, 5.74) is 1.61. The fourth-order valence-electron chi connectivity index (χ4n) is 3.93. The summed E-state index contributed by atoms with van der Waals surface area (Å²) in [5.74, 6) is 1.01. The fraction of sp³-hybridized carbons (Fsp3) is 0.455. The molecule has 0 amide bonds. The second-order valence-electron chi connectivity index (χ2n) is 7.58. The third kappa shape index (κ3) is 5.10. The maximum atomic E-state index is 11.4. The van der Waals surface area contributed by atoms with Crippen molar-refractivity contribution in [2.45, 2.75) is 64.2 Å². The van der Waals surface area contributed by atoms with Gasteiger partial charge in [0.2, 0.25) is 5.75 Å². The smallest absolute Gasteiger partial charge is 0.318 e. The lowest BCUT2D eigenvalue weighted by Gasteiger charge is -2.25. The quantitative estimate of drug-likeness (QED) is 0.365. The van der Waals surface area contributed by atoms with Gasteiger partial charge in [0.15, 0.2) is 0 Å². The number of rotatable bonds is 8. The molecule has 7 nitrogen and oxygen atoms in total. The molecule has 2 aromatic rings. The molecule has 3 rings (SSSR count). The van der Waals surface area contributed by atoms with Crippen LogP contribution < -0.4 is 4.74 Å². The Labute approximate surface area is 170 Å². The van der Waals surface area contributed by atoms with Crippen LogP contribution in [0.25, 0.3) is 0 Å². The number of hydrogen-bond donors (Lipinski definition) is 0. The van der Waals surface area contributed by atoms with Gasteiger partial charge in [-0.25, -0.2) is 0 Å². The minimum atomic E-state index is -0.646. The number of non-ortho nitro benzene ring substituents is 1. The number of hydrogen-bond acceptors (Lipinski definition) is 5. The molecule has 0 unspecified atom stereocenters. The zero-order chi connectivity index (χ0) is 20.8. The van der Waals surface area contributed by atoms with Crippen molar-refractivity contribution in [2.75, 3.05) is 0 Å². The van der Waals surface area contributed by atoms with Crippen LogP contribution in [0, 0.1) is 20.2 Å². The monoisotopic (exact) mass is 398 g/mol. The zero-order valence-electron chi connectivity index (χ0n) is 16.6. The highest BCUT2D eigenvalue weighted by atomic mass is 16.6. The molecule has 0 heterocycles. The van der Waals surface area contributed by atoms with E-state index in [0.717, 1.165) is 43.7 Å². The summed E-state index contributed by atoms with van der Waals surface area (Å²) in [4.78, 5) is 21.1. The number of nitro groups is 2. The summed E-state index contributed by atoms with van der Waals surface area (Å²) in [5, 5.41) is 22.4. The normalized spacial score (nSPS) is 14.5. The molecule has 0 radical (unpaired) electrons. The molecule has 154 valence electrons. The van der Waals surface area contributed by atoms with Gasteiger partial charge in [-0.2, -0.15) is 0 Å². The van der Waals surface area contributed by atoms with Crippen LogP contribution in [-0.4, -0.2) is 9.85 Å². The van der Waals surface area contributed by atoms with Crippen LogP contribution in [0.4, 0.5) is 11.4 Å². The number of nitro benzene ring substituents is 2. The summed E-state index contributed by atoms with van der Waals surface area (Å²) in [7, 11) is 0. The van der Waals surface area contributed by atoms with Crippen molar-refractivity contribution >= 4 is 11.4 Å². The Balaban J connectivity index is 1.97. The second kappa shape index (κ2) is 9.49. The van der Waals surface area contributed by atoms with E-state index in [1.807, 2.05) is 12.1 Å². The zero-order valence-corrected chi connectivity index (χ0v) is 16.6. The van der Waals surface area contributed by atoms with E-state index in [9.17, 15) is 20.2 Å². The molecule has 0 aliphatic heterocycles. The first-order chi connectivity index (χ1) is 14.0. The third-order valence-electron chi connectivity index (χ3n) is 5.51. The van der Waals surface area contributed by atoms with Gasteiger partial charge in [-0.15, -0.1) is 0 Å². The summed E-state index contributed by atoms with van der Waals surface area (Å²) < 4.78 is 5.99. The van der Waals surface area contributed by atoms with Crippen LogP contribution in [0.5, 0.6) is 11.5 Å². The van der Waals surface area contributed by atoms with Gasteiger partial charge in [0.05, 0.1) is 15.9 Å². The van der Waals surface area contributed by atoms with E-state index in [0.29, 0.717) is 11.7 Å². The first-order valence-electron chi connectivity index (χ1n) is 10.2. The molecule has 1 saturated carbocycles. The Morgan fingerprint density at radius 2 is 1.69 bits per heavy atom. The highest BCUT2D eigenvalue weighted by Gasteiger charge is 2.24. The van der Waals surface area contributed by atoms with Crippen molar-refractivity contribution in [3.05, 3.63) is 67.8 Å². The predicted octanol–water partition coefficient (Wildman–Crippen LogP) is 6.69.